The van der Waals surface area contributed by atoms with Crippen molar-refractivity contribution in [2.24, 2.45) is 0 Å². The van der Waals surface area contributed by atoms with Crippen LogP contribution in [-0.4, -0.2) is 44.6 Å². The molecule has 2 amide bonds. The largest absolute Gasteiger partial charge is 0.351 e. The molecule has 0 radical (unpaired) electrons. The Bertz CT molecular complexity index is 1010. The third-order valence-corrected chi connectivity index (χ3v) is 7.63. The lowest BCUT2D eigenvalue weighted by Crippen LogP contribution is -2.65. The standard InChI is InChI=1S/C27H37ClN4O2/c1-19(2)23-17-24-25(33)31(16-15-20-11-13-21(28)14-12-20)27(3,18-32(24)30-23)26(34)29-22-9-7-5-4-6-8-10-22/h11-14,17,19,22H,4-10,15-16,18H2,1-3H3,(H,29,34)/t27-/m0/s1. The third kappa shape index (κ3) is 5.32. The highest BCUT2D eigenvalue weighted by Crippen LogP contribution is 2.30. The molecule has 1 aliphatic carbocycles. The summed E-state index contributed by atoms with van der Waals surface area (Å²) in [5.74, 6) is 0.00753. The summed E-state index contributed by atoms with van der Waals surface area (Å²) in [6.45, 7) is 6.84. The van der Waals surface area contributed by atoms with Crippen molar-refractivity contribution in [1.29, 1.82) is 0 Å². The number of carbonyl (C=O) groups excluding carboxylic acids is 2. The molecule has 34 heavy (non-hydrogen) atoms. The van der Waals surface area contributed by atoms with Crippen LogP contribution in [0.2, 0.25) is 5.02 Å². The highest BCUT2D eigenvalue weighted by Gasteiger charge is 2.48. The predicted octanol–water partition coefficient (Wildman–Crippen LogP) is 5.35. The lowest BCUT2D eigenvalue weighted by Gasteiger charge is -2.44. The Kier molecular flexibility index (Phi) is 7.66. The summed E-state index contributed by atoms with van der Waals surface area (Å²) in [6, 6.07) is 9.73. The molecular formula is C27H37ClN4O2. The second kappa shape index (κ2) is 10.5. The van der Waals surface area contributed by atoms with Gasteiger partial charge in [0.25, 0.3) is 5.91 Å². The number of fused-ring (bicyclic) bond motifs is 1. The van der Waals surface area contributed by atoms with E-state index in [-0.39, 0.29) is 23.8 Å². The van der Waals surface area contributed by atoms with Gasteiger partial charge in [-0.15, -0.1) is 0 Å². The predicted molar refractivity (Wildman–Crippen MR) is 135 cm³/mol. The Morgan fingerprint density at radius 3 is 2.44 bits per heavy atom. The van der Waals surface area contributed by atoms with Crippen LogP contribution in [-0.2, 0) is 17.8 Å². The smallest absolute Gasteiger partial charge is 0.273 e. The lowest BCUT2D eigenvalue weighted by molar-refractivity contribution is -0.134. The molecule has 7 heteroatoms. The van der Waals surface area contributed by atoms with Crippen molar-refractivity contribution >= 4 is 23.4 Å². The molecule has 2 aromatic rings. The first kappa shape index (κ1) is 24.8. The van der Waals surface area contributed by atoms with Gasteiger partial charge in [0.1, 0.15) is 11.2 Å². The van der Waals surface area contributed by atoms with Gasteiger partial charge in [-0.2, -0.15) is 5.10 Å². The van der Waals surface area contributed by atoms with Gasteiger partial charge in [-0.05, 0) is 55.9 Å². The fourth-order valence-corrected chi connectivity index (χ4v) is 5.25. The van der Waals surface area contributed by atoms with E-state index < -0.39 is 5.54 Å². The van der Waals surface area contributed by atoms with Crippen molar-refractivity contribution in [1.82, 2.24) is 20.0 Å². The van der Waals surface area contributed by atoms with Gasteiger partial charge in [0.2, 0.25) is 5.91 Å². The van der Waals surface area contributed by atoms with Crippen molar-refractivity contribution < 1.29 is 9.59 Å². The molecule has 1 aromatic heterocycles. The molecule has 4 rings (SSSR count). The fraction of sp³-hybridized carbons (Fsp3) is 0.593. The summed E-state index contributed by atoms with van der Waals surface area (Å²) >= 11 is 6.04. The van der Waals surface area contributed by atoms with E-state index in [4.69, 9.17) is 11.6 Å². The van der Waals surface area contributed by atoms with Crippen molar-refractivity contribution in [2.75, 3.05) is 6.54 Å². The van der Waals surface area contributed by atoms with Crippen LogP contribution in [0.25, 0.3) is 0 Å². The molecule has 0 spiro atoms. The summed E-state index contributed by atoms with van der Waals surface area (Å²) in [5, 5.41) is 8.70. The summed E-state index contributed by atoms with van der Waals surface area (Å²) in [7, 11) is 0. The van der Waals surface area contributed by atoms with Crippen LogP contribution in [0.3, 0.4) is 0 Å². The van der Waals surface area contributed by atoms with E-state index in [0.29, 0.717) is 30.2 Å². The lowest BCUT2D eigenvalue weighted by atomic mass is 9.92. The Morgan fingerprint density at radius 1 is 1.15 bits per heavy atom. The number of benzene rings is 1. The van der Waals surface area contributed by atoms with E-state index in [2.05, 4.69) is 24.3 Å². The molecule has 2 aliphatic rings. The summed E-state index contributed by atoms with van der Waals surface area (Å²) < 4.78 is 1.74. The normalized spacial score (nSPS) is 21.8. The molecule has 1 atom stereocenters. The molecule has 1 N–H and O–H groups in total. The zero-order chi connectivity index (χ0) is 24.3. The number of hydrogen-bond donors (Lipinski definition) is 1. The van der Waals surface area contributed by atoms with Crippen molar-refractivity contribution in [3.63, 3.8) is 0 Å². The quantitative estimate of drug-likeness (QED) is 0.601. The average molecular weight is 485 g/mol. The number of carbonyl (C=O) groups is 2. The summed E-state index contributed by atoms with van der Waals surface area (Å²) in [5.41, 5.74) is 1.53. The number of halogens is 1. The second-order valence-electron chi connectivity index (χ2n) is 10.4. The Balaban J connectivity index is 1.60. The first-order valence-corrected chi connectivity index (χ1v) is 13.1. The van der Waals surface area contributed by atoms with Crippen molar-refractivity contribution in [3.05, 3.63) is 52.3 Å². The van der Waals surface area contributed by atoms with Crippen LogP contribution in [0.4, 0.5) is 0 Å². The topological polar surface area (TPSA) is 67.2 Å². The van der Waals surface area contributed by atoms with E-state index in [1.165, 1.54) is 19.3 Å². The molecule has 0 bridgehead atoms. The minimum absolute atomic E-state index is 0.0743. The van der Waals surface area contributed by atoms with Gasteiger partial charge in [-0.25, -0.2) is 0 Å². The number of rotatable bonds is 6. The zero-order valence-corrected chi connectivity index (χ0v) is 21.4. The van der Waals surface area contributed by atoms with E-state index >= 15 is 0 Å². The van der Waals surface area contributed by atoms with Crippen molar-refractivity contribution in [2.45, 2.75) is 96.2 Å². The number of aromatic nitrogens is 2. The van der Waals surface area contributed by atoms with Crippen LogP contribution in [0.5, 0.6) is 0 Å². The van der Waals surface area contributed by atoms with Crippen LogP contribution in [0.1, 0.15) is 93.4 Å². The average Bonchev–Trinajstić information content (AvgIpc) is 3.21. The first-order valence-electron chi connectivity index (χ1n) is 12.7. The van der Waals surface area contributed by atoms with Gasteiger partial charge in [-0.1, -0.05) is 69.7 Å². The zero-order valence-electron chi connectivity index (χ0n) is 20.6. The van der Waals surface area contributed by atoms with E-state index in [1.807, 2.05) is 37.3 Å². The van der Waals surface area contributed by atoms with Gasteiger partial charge in [0.05, 0.1) is 12.2 Å². The molecule has 1 fully saturated rings. The van der Waals surface area contributed by atoms with Crippen LogP contribution in [0, 0.1) is 0 Å². The first-order chi connectivity index (χ1) is 16.3. The molecule has 2 heterocycles. The van der Waals surface area contributed by atoms with Gasteiger partial charge in [-0.3, -0.25) is 14.3 Å². The highest BCUT2D eigenvalue weighted by atomic mass is 35.5. The van der Waals surface area contributed by atoms with Crippen LogP contribution < -0.4 is 5.32 Å². The molecule has 1 saturated carbocycles. The number of amides is 2. The van der Waals surface area contributed by atoms with Gasteiger partial charge in [0, 0.05) is 17.6 Å². The Hall–Kier alpha value is -2.34. The molecule has 1 aromatic carbocycles. The van der Waals surface area contributed by atoms with Crippen molar-refractivity contribution in [3.8, 4) is 0 Å². The molecule has 0 unspecified atom stereocenters. The highest BCUT2D eigenvalue weighted by molar-refractivity contribution is 6.30. The second-order valence-corrected chi connectivity index (χ2v) is 10.8. The minimum atomic E-state index is -1.00. The maximum Gasteiger partial charge on any atom is 0.273 e. The van der Waals surface area contributed by atoms with Crippen LogP contribution >= 0.6 is 11.6 Å². The maximum atomic E-state index is 13.8. The maximum absolute atomic E-state index is 13.8. The third-order valence-electron chi connectivity index (χ3n) is 7.37. The minimum Gasteiger partial charge on any atom is -0.351 e. The number of nitrogens with zero attached hydrogens (tertiary/aromatic N) is 3. The Labute approximate surface area is 208 Å². The molecule has 6 nitrogen and oxygen atoms in total. The number of hydrogen-bond acceptors (Lipinski definition) is 3. The SMILES string of the molecule is CC(C)c1cc2n(n1)C[C@@](C)(C(=O)NC1CCCCCCC1)N(CCc1ccc(Cl)cc1)C2=O. The van der Waals surface area contributed by atoms with E-state index in [1.54, 1.807) is 9.58 Å². The van der Waals surface area contributed by atoms with E-state index in [9.17, 15) is 9.59 Å². The summed E-state index contributed by atoms with van der Waals surface area (Å²) in [4.78, 5) is 29.3. The fourth-order valence-electron chi connectivity index (χ4n) is 5.13. The Morgan fingerprint density at radius 2 is 1.79 bits per heavy atom. The molecule has 1 aliphatic heterocycles. The van der Waals surface area contributed by atoms with Crippen LogP contribution in [0.15, 0.2) is 30.3 Å². The van der Waals surface area contributed by atoms with Gasteiger partial charge in [0.15, 0.2) is 0 Å². The monoisotopic (exact) mass is 484 g/mol. The molecule has 184 valence electrons. The summed E-state index contributed by atoms with van der Waals surface area (Å²) in [6.07, 6.45) is 8.68. The van der Waals surface area contributed by atoms with Gasteiger partial charge < -0.3 is 10.2 Å². The molecular weight excluding hydrogens is 448 g/mol. The molecule has 0 saturated heterocycles. The number of nitrogens with one attached hydrogen (secondary N) is 1. The van der Waals surface area contributed by atoms with E-state index in [0.717, 1.165) is 36.9 Å². The van der Waals surface area contributed by atoms with Gasteiger partial charge >= 0.3 is 0 Å².